The summed E-state index contributed by atoms with van der Waals surface area (Å²) in [4.78, 5) is 22.3. The third-order valence-corrected chi connectivity index (χ3v) is 6.56. The van der Waals surface area contributed by atoms with E-state index < -0.39 is 0 Å². The van der Waals surface area contributed by atoms with Crippen LogP contribution in [0.4, 0.5) is 15.8 Å². The highest BCUT2D eigenvalue weighted by molar-refractivity contribution is 8.14. The van der Waals surface area contributed by atoms with Crippen molar-refractivity contribution in [3.8, 4) is 5.75 Å². The van der Waals surface area contributed by atoms with Crippen molar-refractivity contribution in [1.82, 2.24) is 5.32 Å². The van der Waals surface area contributed by atoms with Crippen molar-refractivity contribution in [3.63, 3.8) is 0 Å². The maximum Gasteiger partial charge on any atom is 0.230 e. The summed E-state index contributed by atoms with van der Waals surface area (Å²) in [7, 11) is 1.64. The molecule has 0 saturated heterocycles. The molecule has 0 saturated carbocycles. The van der Waals surface area contributed by atoms with Gasteiger partial charge >= 0.3 is 0 Å². The number of hydrogen-bond donors (Lipinski definition) is 1. The van der Waals surface area contributed by atoms with Crippen LogP contribution in [0.2, 0.25) is 0 Å². The fourth-order valence-corrected chi connectivity index (χ4v) is 4.32. The molecule has 0 bridgehead atoms. The molecule has 3 aromatic carbocycles. The number of ether oxygens (including phenoxy) is 1. The first-order valence-electron chi connectivity index (χ1n) is 11.0. The Bertz CT molecular complexity index is 1270. The first-order valence-corrected chi connectivity index (χ1v) is 11.9. The Morgan fingerprint density at radius 1 is 1.03 bits per heavy atom. The van der Waals surface area contributed by atoms with Crippen molar-refractivity contribution in [1.29, 1.82) is 0 Å². The fourth-order valence-electron chi connectivity index (χ4n) is 3.52. The number of fused-ring (bicyclic) bond motifs is 1. The lowest BCUT2D eigenvalue weighted by atomic mass is 10.1. The van der Waals surface area contributed by atoms with Gasteiger partial charge in [0.15, 0.2) is 0 Å². The normalized spacial score (nSPS) is 12.8. The van der Waals surface area contributed by atoms with Gasteiger partial charge in [0.05, 0.1) is 35.0 Å². The number of rotatable bonds is 6. The zero-order chi connectivity index (χ0) is 24.1. The van der Waals surface area contributed by atoms with Gasteiger partial charge in [-0.25, -0.2) is 9.38 Å². The molecular formula is C27H26FN3O2S. The van der Waals surface area contributed by atoms with Gasteiger partial charge in [0.2, 0.25) is 5.91 Å². The van der Waals surface area contributed by atoms with Gasteiger partial charge < -0.3 is 10.1 Å². The molecule has 4 rings (SSSR count). The fraction of sp³-hybridized carbons (Fsp3) is 0.222. The number of aliphatic imine (C=N–C) groups is 2. The molecule has 0 radical (unpaired) electrons. The van der Waals surface area contributed by atoms with E-state index in [0.717, 1.165) is 50.1 Å². The molecule has 7 heteroatoms. The Kier molecular flexibility index (Phi) is 7.43. The highest BCUT2D eigenvalue weighted by Gasteiger charge is 2.18. The van der Waals surface area contributed by atoms with E-state index in [2.05, 4.69) is 25.2 Å². The Labute approximate surface area is 203 Å². The van der Waals surface area contributed by atoms with Gasteiger partial charge in [-0.3, -0.25) is 9.79 Å². The third-order valence-electron chi connectivity index (χ3n) is 5.59. The van der Waals surface area contributed by atoms with Crippen molar-refractivity contribution in [2.75, 3.05) is 12.9 Å². The molecule has 1 aliphatic rings. The summed E-state index contributed by atoms with van der Waals surface area (Å²) < 4.78 is 18.5. The van der Waals surface area contributed by atoms with E-state index in [1.165, 1.54) is 23.9 Å². The summed E-state index contributed by atoms with van der Waals surface area (Å²) in [5.41, 5.74) is 6.59. The molecule has 3 aromatic rings. The number of methoxy groups -OCH3 is 1. The predicted molar refractivity (Wildman–Crippen MR) is 138 cm³/mol. The van der Waals surface area contributed by atoms with Gasteiger partial charge in [-0.2, -0.15) is 0 Å². The molecule has 5 nitrogen and oxygen atoms in total. The molecule has 0 unspecified atom stereocenters. The van der Waals surface area contributed by atoms with Gasteiger partial charge in [-0.15, -0.1) is 11.8 Å². The Hall–Kier alpha value is -3.45. The Morgan fingerprint density at radius 3 is 2.44 bits per heavy atom. The van der Waals surface area contributed by atoms with Crippen molar-refractivity contribution in [3.05, 3.63) is 88.7 Å². The maximum atomic E-state index is 13.1. The molecule has 0 fully saturated rings. The van der Waals surface area contributed by atoms with Crippen LogP contribution < -0.4 is 10.1 Å². The first-order chi connectivity index (χ1) is 16.4. The maximum absolute atomic E-state index is 13.1. The largest absolute Gasteiger partial charge is 0.497 e. The van der Waals surface area contributed by atoms with Gasteiger partial charge in [0.25, 0.3) is 0 Å². The summed E-state index contributed by atoms with van der Waals surface area (Å²) >= 11 is 1.40. The van der Waals surface area contributed by atoms with E-state index in [-0.39, 0.29) is 17.5 Å². The second kappa shape index (κ2) is 10.7. The summed E-state index contributed by atoms with van der Waals surface area (Å²) in [6, 6.07) is 18.0. The van der Waals surface area contributed by atoms with Gasteiger partial charge in [0, 0.05) is 18.5 Å². The summed E-state index contributed by atoms with van der Waals surface area (Å²) in [6.07, 6.45) is 0.510. The van der Waals surface area contributed by atoms with E-state index in [0.29, 0.717) is 13.0 Å². The lowest BCUT2D eigenvalue weighted by molar-refractivity contribution is -0.118. The van der Waals surface area contributed by atoms with Crippen LogP contribution in [-0.4, -0.2) is 29.5 Å². The lowest BCUT2D eigenvalue weighted by Crippen LogP contribution is -2.25. The van der Waals surface area contributed by atoms with E-state index in [1.54, 1.807) is 19.2 Å². The quantitative estimate of drug-likeness (QED) is 0.472. The number of nitrogens with one attached hydrogen (secondary N) is 1. The Balaban J connectivity index is 1.53. The number of carbonyl (C=O) groups is 1. The van der Waals surface area contributed by atoms with Crippen LogP contribution in [0.5, 0.6) is 5.75 Å². The molecular weight excluding hydrogens is 449 g/mol. The van der Waals surface area contributed by atoms with Gasteiger partial charge in [-0.05, 0) is 66.9 Å². The number of amides is 1. The molecule has 0 aliphatic carbocycles. The summed E-state index contributed by atoms with van der Waals surface area (Å²) in [6.45, 7) is 4.47. The van der Waals surface area contributed by atoms with Crippen LogP contribution >= 0.6 is 11.8 Å². The average Bonchev–Trinajstić information content (AvgIpc) is 3.01. The molecule has 34 heavy (non-hydrogen) atoms. The standard InChI is InChI=1S/C27H26FN3O2S/c1-17-11-24-25(12-18(17)2)31-27(14-23(30-24)20-5-4-6-22(13-20)33-3)34-16-26(32)29-15-19-7-9-21(28)10-8-19/h4-13H,14-16H2,1-3H3,(H,29,32). The number of carbonyl (C=O) groups excluding carboxylic acids is 1. The summed E-state index contributed by atoms with van der Waals surface area (Å²) in [5, 5.41) is 3.70. The third kappa shape index (κ3) is 5.91. The minimum absolute atomic E-state index is 0.110. The minimum Gasteiger partial charge on any atom is -0.497 e. The second-order valence-corrected chi connectivity index (χ2v) is 9.14. The predicted octanol–water partition coefficient (Wildman–Crippen LogP) is 6.06. The molecule has 1 aliphatic heterocycles. The monoisotopic (exact) mass is 475 g/mol. The van der Waals surface area contributed by atoms with Crippen molar-refractivity contribution < 1.29 is 13.9 Å². The van der Waals surface area contributed by atoms with Crippen molar-refractivity contribution in [2.24, 2.45) is 9.98 Å². The van der Waals surface area contributed by atoms with Crippen molar-refractivity contribution >= 4 is 39.8 Å². The number of benzene rings is 3. The highest BCUT2D eigenvalue weighted by Crippen LogP contribution is 2.36. The first kappa shape index (κ1) is 23.7. The molecule has 174 valence electrons. The molecule has 1 amide bonds. The van der Waals surface area contributed by atoms with Crippen LogP contribution in [0.25, 0.3) is 0 Å². The van der Waals surface area contributed by atoms with Gasteiger partial charge in [-0.1, -0.05) is 24.3 Å². The second-order valence-electron chi connectivity index (χ2n) is 8.09. The summed E-state index contributed by atoms with van der Waals surface area (Å²) in [5.74, 6) is 0.583. The smallest absolute Gasteiger partial charge is 0.230 e. The Morgan fingerprint density at radius 2 is 1.74 bits per heavy atom. The molecule has 0 atom stereocenters. The van der Waals surface area contributed by atoms with Crippen LogP contribution in [0, 0.1) is 19.7 Å². The zero-order valence-electron chi connectivity index (χ0n) is 19.4. The molecule has 1 heterocycles. The van der Waals surface area contributed by atoms with Gasteiger partial charge in [0.1, 0.15) is 11.6 Å². The zero-order valence-corrected chi connectivity index (χ0v) is 20.2. The SMILES string of the molecule is COc1cccc(C2=Nc3cc(C)c(C)cc3N=C(SCC(=O)NCc3ccc(F)cc3)C2)c1. The lowest BCUT2D eigenvalue weighted by Gasteiger charge is -2.09. The van der Waals surface area contributed by atoms with E-state index in [9.17, 15) is 9.18 Å². The number of nitrogens with zero attached hydrogens (tertiary/aromatic N) is 2. The topological polar surface area (TPSA) is 63.1 Å². The van der Waals surface area contributed by atoms with Crippen LogP contribution in [0.3, 0.4) is 0 Å². The van der Waals surface area contributed by atoms with Crippen molar-refractivity contribution in [2.45, 2.75) is 26.8 Å². The number of aryl methyl sites for hydroxylation is 2. The molecule has 0 spiro atoms. The van der Waals surface area contributed by atoms with Crippen LogP contribution in [0.15, 0.2) is 70.6 Å². The van der Waals surface area contributed by atoms with Crippen LogP contribution in [-0.2, 0) is 11.3 Å². The molecule has 0 aromatic heterocycles. The van der Waals surface area contributed by atoms with Crippen LogP contribution in [0.1, 0.15) is 28.7 Å². The van der Waals surface area contributed by atoms with E-state index >= 15 is 0 Å². The van der Waals surface area contributed by atoms with E-state index in [1.807, 2.05) is 30.3 Å². The van der Waals surface area contributed by atoms with E-state index in [4.69, 9.17) is 14.7 Å². The highest BCUT2D eigenvalue weighted by atomic mass is 32.2. The minimum atomic E-state index is -0.295. The number of hydrogen-bond acceptors (Lipinski definition) is 5. The average molecular weight is 476 g/mol. The number of halogens is 1. The molecule has 1 N–H and O–H groups in total. The number of thioether (sulfide) groups is 1.